The minimum Gasteiger partial charge on any atom is -0.321 e. The minimum atomic E-state index is -0.505. The first-order valence-electron chi connectivity index (χ1n) is 6.80. The molecule has 3 rings (SSSR count). The smallest absolute Gasteiger partial charge is 0.265 e. The van der Waals surface area contributed by atoms with Gasteiger partial charge < -0.3 is 4.90 Å². The van der Waals surface area contributed by atoms with Gasteiger partial charge in [-0.1, -0.05) is 13.8 Å². The zero-order valence-corrected chi connectivity index (χ0v) is 12.7. The van der Waals surface area contributed by atoms with Crippen molar-refractivity contribution in [2.45, 2.75) is 46.2 Å². The van der Waals surface area contributed by atoms with E-state index in [4.69, 9.17) is 0 Å². The number of hydrogen-bond acceptors (Lipinski definition) is 4. The number of rotatable bonds is 1. The van der Waals surface area contributed by atoms with E-state index < -0.39 is 6.04 Å². The summed E-state index contributed by atoms with van der Waals surface area (Å²) in [6.45, 7) is 6.44. The van der Waals surface area contributed by atoms with E-state index in [0.29, 0.717) is 19.4 Å². The van der Waals surface area contributed by atoms with Crippen molar-refractivity contribution in [1.29, 1.82) is 0 Å². The van der Waals surface area contributed by atoms with E-state index >= 15 is 0 Å². The highest BCUT2D eigenvalue weighted by Crippen LogP contribution is 2.33. The lowest BCUT2D eigenvalue weighted by Crippen LogP contribution is -2.52. The molecular formula is C14H18N2O3S. The largest absolute Gasteiger partial charge is 0.321 e. The maximum Gasteiger partial charge on any atom is 0.265 e. The van der Waals surface area contributed by atoms with Crippen molar-refractivity contribution in [3.63, 3.8) is 0 Å². The summed E-state index contributed by atoms with van der Waals surface area (Å²) in [6.07, 6.45) is 0.719. The van der Waals surface area contributed by atoms with Crippen LogP contribution in [0.5, 0.6) is 0 Å². The van der Waals surface area contributed by atoms with E-state index in [0.717, 1.165) is 15.3 Å². The van der Waals surface area contributed by atoms with Crippen LogP contribution in [0, 0.1) is 6.92 Å². The maximum atomic E-state index is 12.2. The lowest BCUT2D eigenvalue weighted by Gasteiger charge is -2.29. The van der Waals surface area contributed by atoms with Gasteiger partial charge in [-0.2, -0.15) is 0 Å². The van der Waals surface area contributed by atoms with Crippen LogP contribution in [0.15, 0.2) is 6.07 Å². The van der Waals surface area contributed by atoms with Crippen LogP contribution in [0.1, 0.15) is 46.8 Å². The van der Waals surface area contributed by atoms with Crippen molar-refractivity contribution in [3.05, 3.63) is 21.4 Å². The molecule has 0 saturated carbocycles. The maximum absolute atomic E-state index is 12.2. The van der Waals surface area contributed by atoms with Crippen molar-refractivity contribution in [2.24, 2.45) is 0 Å². The molecule has 1 aromatic heterocycles. The molecule has 1 saturated heterocycles. The lowest BCUT2D eigenvalue weighted by atomic mass is 10.0. The Hall–Kier alpha value is -1.69. The van der Waals surface area contributed by atoms with Crippen LogP contribution in [-0.4, -0.2) is 28.7 Å². The molecule has 1 aromatic rings. The van der Waals surface area contributed by atoms with Crippen LogP contribution in [0.4, 0.5) is 0 Å². The molecule has 2 aliphatic heterocycles. The SMILES string of the molecule is CC.Cc1cc2c(s1)C(=O)N(C1CCC(=O)NC1=O)C2. The van der Waals surface area contributed by atoms with E-state index in [2.05, 4.69) is 5.32 Å². The third-order valence-corrected chi connectivity index (χ3v) is 4.40. The quantitative estimate of drug-likeness (QED) is 0.804. The third kappa shape index (κ3) is 2.47. The monoisotopic (exact) mass is 294 g/mol. The normalized spacial score (nSPS) is 21.2. The molecule has 0 aromatic carbocycles. The first-order valence-corrected chi connectivity index (χ1v) is 7.62. The van der Waals surface area contributed by atoms with Gasteiger partial charge >= 0.3 is 0 Å². The second-order valence-corrected chi connectivity index (χ2v) is 5.87. The van der Waals surface area contributed by atoms with E-state index in [1.165, 1.54) is 11.3 Å². The molecule has 2 aliphatic rings. The number of nitrogens with zero attached hydrogens (tertiary/aromatic N) is 1. The first-order chi connectivity index (χ1) is 9.56. The molecule has 1 fully saturated rings. The topological polar surface area (TPSA) is 66.5 Å². The fraction of sp³-hybridized carbons (Fsp3) is 0.500. The highest BCUT2D eigenvalue weighted by atomic mass is 32.1. The van der Waals surface area contributed by atoms with Gasteiger partial charge in [0.25, 0.3) is 5.91 Å². The molecule has 6 heteroatoms. The zero-order valence-electron chi connectivity index (χ0n) is 11.9. The second-order valence-electron chi connectivity index (χ2n) is 4.61. The number of carbonyl (C=O) groups excluding carboxylic acids is 3. The summed E-state index contributed by atoms with van der Waals surface area (Å²) in [7, 11) is 0. The molecule has 1 unspecified atom stereocenters. The van der Waals surface area contributed by atoms with E-state index in [1.54, 1.807) is 4.90 Å². The number of nitrogens with one attached hydrogen (secondary N) is 1. The molecular weight excluding hydrogens is 276 g/mol. The van der Waals surface area contributed by atoms with Crippen LogP contribution in [-0.2, 0) is 16.1 Å². The highest BCUT2D eigenvalue weighted by molar-refractivity contribution is 7.14. The Kier molecular flexibility index (Phi) is 4.23. The van der Waals surface area contributed by atoms with Crippen LogP contribution >= 0.6 is 11.3 Å². The number of hydrogen-bond donors (Lipinski definition) is 1. The average molecular weight is 294 g/mol. The molecule has 3 heterocycles. The van der Waals surface area contributed by atoms with Crippen molar-refractivity contribution >= 4 is 29.1 Å². The number of piperidine rings is 1. The Balaban J connectivity index is 0.000000704. The summed E-state index contributed by atoms with van der Waals surface area (Å²) in [5.41, 5.74) is 0.993. The Bertz CT molecular complexity index is 565. The molecule has 0 bridgehead atoms. The van der Waals surface area contributed by atoms with Gasteiger partial charge in [0, 0.05) is 17.8 Å². The molecule has 1 atom stereocenters. The number of amides is 3. The summed E-state index contributed by atoms with van der Waals surface area (Å²) < 4.78 is 0. The zero-order chi connectivity index (χ0) is 14.9. The van der Waals surface area contributed by atoms with Crippen molar-refractivity contribution in [1.82, 2.24) is 10.2 Å². The van der Waals surface area contributed by atoms with Gasteiger partial charge in [-0.3, -0.25) is 19.7 Å². The highest BCUT2D eigenvalue weighted by Gasteiger charge is 2.39. The molecule has 1 N–H and O–H groups in total. The molecule has 5 nitrogen and oxygen atoms in total. The second kappa shape index (κ2) is 5.75. The summed E-state index contributed by atoms with van der Waals surface area (Å²) in [6, 6.07) is 1.49. The minimum absolute atomic E-state index is 0.0856. The number of fused-ring (bicyclic) bond motifs is 1. The average Bonchev–Trinajstić information content (AvgIpc) is 2.91. The standard InChI is InChI=1S/C12H12N2O3S.C2H6/c1-6-4-7-5-14(12(17)10(7)18-6)8-2-3-9(15)13-11(8)16;1-2/h4,8H,2-3,5H2,1H3,(H,13,15,16);1-2H3. The lowest BCUT2D eigenvalue weighted by molar-refractivity contribution is -0.136. The Morgan fingerprint density at radius 1 is 1.30 bits per heavy atom. The van der Waals surface area contributed by atoms with Gasteiger partial charge in [0.15, 0.2) is 0 Å². The van der Waals surface area contributed by atoms with Crippen LogP contribution in [0.2, 0.25) is 0 Å². The molecule has 20 heavy (non-hydrogen) atoms. The third-order valence-electron chi connectivity index (χ3n) is 3.31. The van der Waals surface area contributed by atoms with Gasteiger partial charge in [-0.15, -0.1) is 11.3 Å². The number of carbonyl (C=O) groups is 3. The van der Waals surface area contributed by atoms with Crippen LogP contribution < -0.4 is 5.32 Å². The van der Waals surface area contributed by atoms with Gasteiger partial charge in [-0.05, 0) is 25.0 Å². The number of aryl methyl sites for hydroxylation is 1. The van der Waals surface area contributed by atoms with Crippen LogP contribution in [0.25, 0.3) is 0 Å². The fourth-order valence-electron chi connectivity index (χ4n) is 2.48. The summed E-state index contributed by atoms with van der Waals surface area (Å²) in [4.78, 5) is 38.5. The Morgan fingerprint density at radius 2 is 2.00 bits per heavy atom. The molecule has 0 spiro atoms. The Morgan fingerprint density at radius 3 is 2.60 bits per heavy atom. The number of imide groups is 1. The first kappa shape index (κ1) is 14.7. The van der Waals surface area contributed by atoms with Gasteiger partial charge in [0.2, 0.25) is 11.8 Å². The van der Waals surface area contributed by atoms with Gasteiger partial charge in [0.05, 0.1) is 4.88 Å². The predicted octanol–water partition coefficient (Wildman–Crippen LogP) is 1.84. The predicted molar refractivity (Wildman–Crippen MR) is 76.4 cm³/mol. The number of thiophene rings is 1. The van der Waals surface area contributed by atoms with Gasteiger partial charge in [0.1, 0.15) is 6.04 Å². The van der Waals surface area contributed by atoms with Crippen LogP contribution in [0.3, 0.4) is 0 Å². The van der Waals surface area contributed by atoms with E-state index in [9.17, 15) is 14.4 Å². The summed E-state index contributed by atoms with van der Waals surface area (Å²) >= 11 is 1.46. The van der Waals surface area contributed by atoms with Crippen molar-refractivity contribution in [3.8, 4) is 0 Å². The van der Waals surface area contributed by atoms with Crippen molar-refractivity contribution < 1.29 is 14.4 Å². The Labute approximate surface area is 122 Å². The van der Waals surface area contributed by atoms with Gasteiger partial charge in [-0.25, -0.2) is 0 Å². The summed E-state index contributed by atoms with van der Waals surface area (Å²) in [5, 5.41) is 2.29. The molecule has 3 amide bonds. The molecule has 0 radical (unpaired) electrons. The fourth-order valence-corrected chi connectivity index (χ4v) is 3.46. The van der Waals surface area contributed by atoms with E-state index in [-0.39, 0.29) is 17.7 Å². The molecule has 108 valence electrons. The molecule has 0 aliphatic carbocycles. The van der Waals surface area contributed by atoms with E-state index in [1.807, 2.05) is 26.8 Å². The van der Waals surface area contributed by atoms with Crippen molar-refractivity contribution in [2.75, 3.05) is 0 Å². The summed E-state index contributed by atoms with van der Waals surface area (Å²) in [5.74, 6) is -0.697.